The summed E-state index contributed by atoms with van der Waals surface area (Å²) >= 11 is 1.70. The standard InChI is InChI=1S/C14H20N2OSSi/c1-10-6-7-12-11(8-10)13(17)16(2)14(15-12)18-9-19(3,4)5/h6-8H,9H2,1-5H3. The fourth-order valence-corrected chi connectivity index (χ4v) is 4.46. The third-order valence-corrected chi connectivity index (χ3v) is 7.49. The molecule has 0 radical (unpaired) electrons. The van der Waals surface area contributed by atoms with Crippen LogP contribution in [0.5, 0.6) is 0 Å². The van der Waals surface area contributed by atoms with E-state index in [1.54, 1.807) is 16.3 Å². The van der Waals surface area contributed by atoms with Gasteiger partial charge in [0.15, 0.2) is 5.16 Å². The van der Waals surface area contributed by atoms with Gasteiger partial charge in [-0.3, -0.25) is 9.36 Å². The third-order valence-electron chi connectivity index (χ3n) is 2.82. The minimum Gasteiger partial charge on any atom is -0.290 e. The van der Waals surface area contributed by atoms with Crippen molar-refractivity contribution in [2.45, 2.75) is 31.7 Å². The van der Waals surface area contributed by atoms with Gasteiger partial charge in [-0.15, -0.1) is 0 Å². The summed E-state index contributed by atoms with van der Waals surface area (Å²) in [6.45, 7) is 8.96. The number of rotatable bonds is 3. The summed E-state index contributed by atoms with van der Waals surface area (Å²) in [5, 5.41) is 2.61. The van der Waals surface area contributed by atoms with E-state index in [0.29, 0.717) is 5.39 Å². The Morgan fingerprint density at radius 1 is 1.32 bits per heavy atom. The van der Waals surface area contributed by atoms with Crippen molar-refractivity contribution in [2.75, 3.05) is 5.38 Å². The van der Waals surface area contributed by atoms with Crippen LogP contribution in [-0.4, -0.2) is 23.0 Å². The van der Waals surface area contributed by atoms with Gasteiger partial charge in [-0.1, -0.05) is 43.0 Å². The zero-order chi connectivity index (χ0) is 14.2. The Hall–Kier alpha value is -1.07. The molecule has 1 aromatic heterocycles. The van der Waals surface area contributed by atoms with Gasteiger partial charge in [0.2, 0.25) is 0 Å². The molecule has 0 bridgehead atoms. The summed E-state index contributed by atoms with van der Waals surface area (Å²) in [6, 6.07) is 5.85. The molecule has 1 heterocycles. The number of thioether (sulfide) groups is 1. The van der Waals surface area contributed by atoms with Crippen LogP contribution in [0.2, 0.25) is 19.6 Å². The third kappa shape index (κ3) is 3.28. The van der Waals surface area contributed by atoms with Gasteiger partial charge < -0.3 is 0 Å². The van der Waals surface area contributed by atoms with Crippen molar-refractivity contribution in [3.05, 3.63) is 34.1 Å². The van der Waals surface area contributed by atoms with Crippen molar-refractivity contribution in [3.63, 3.8) is 0 Å². The Balaban J connectivity index is 2.49. The number of nitrogens with zero attached hydrogens (tertiary/aromatic N) is 2. The largest absolute Gasteiger partial charge is 0.290 e. The topological polar surface area (TPSA) is 34.9 Å². The first-order chi connectivity index (χ1) is 8.78. The number of hydrogen-bond donors (Lipinski definition) is 0. The predicted octanol–water partition coefficient (Wildman–Crippen LogP) is 3.21. The van der Waals surface area contributed by atoms with Crippen molar-refractivity contribution in [1.29, 1.82) is 0 Å². The number of fused-ring (bicyclic) bond motifs is 1. The van der Waals surface area contributed by atoms with Crippen molar-refractivity contribution in [2.24, 2.45) is 7.05 Å². The molecule has 5 heteroatoms. The normalized spacial score (nSPS) is 12.1. The summed E-state index contributed by atoms with van der Waals surface area (Å²) in [5.41, 5.74) is 1.94. The lowest BCUT2D eigenvalue weighted by Crippen LogP contribution is -2.26. The van der Waals surface area contributed by atoms with E-state index in [-0.39, 0.29) is 5.56 Å². The molecule has 102 valence electrons. The first kappa shape index (κ1) is 14.3. The van der Waals surface area contributed by atoms with E-state index in [1.807, 2.05) is 32.2 Å². The lowest BCUT2D eigenvalue weighted by molar-refractivity contribution is 0.727. The number of aryl methyl sites for hydroxylation is 1. The number of hydrogen-bond acceptors (Lipinski definition) is 3. The molecular weight excluding hydrogens is 272 g/mol. The molecule has 0 N–H and O–H groups in total. The van der Waals surface area contributed by atoms with Gasteiger partial charge in [0.05, 0.1) is 19.0 Å². The smallest absolute Gasteiger partial charge is 0.261 e. The molecule has 3 nitrogen and oxygen atoms in total. The first-order valence-corrected chi connectivity index (χ1v) is 11.1. The van der Waals surface area contributed by atoms with E-state index in [9.17, 15) is 4.79 Å². The SMILES string of the molecule is Cc1ccc2nc(SC[Si](C)(C)C)n(C)c(=O)c2c1. The van der Waals surface area contributed by atoms with E-state index in [1.165, 1.54) is 0 Å². The van der Waals surface area contributed by atoms with Crippen LogP contribution in [0.25, 0.3) is 10.9 Å². The van der Waals surface area contributed by atoms with Crippen LogP contribution >= 0.6 is 11.8 Å². The molecule has 0 aliphatic carbocycles. The lowest BCUT2D eigenvalue weighted by Gasteiger charge is -2.16. The molecule has 19 heavy (non-hydrogen) atoms. The average molecular weight is 292 g/mol. The highest BCUT2D eigenvalue weighted by atomic mass is 32.2. The van der Waals surface area contributed by atoms with E-state index in [2.05, 4.69) is 24.6 Å². The molecular formula is C14H20N2OSSi. The van der Waals surface area contributed by atoms with E-state index in [0.717, 1.165) is 21.6 Å². The average Bonchev–Trinajstić information content (AvgIpc) is 2.32. The van der Waals surface area contributed by atoms with Crippen LogP contribution in [-0.2, 0) is 7.05 Å². The van der Waals surface area contributed by atoms with Crippen molar-refractivity contribution >= 4 is 30.7 Å². The molecule has 0 spiro atoms. The molecule has 0 aliphatic rings. The fraction of sp³-hybridized carbons (Fsp3) is 0.429. The summed E-state index contributed by atoms with van der Waals surface area (Å²) in [7, 11) is 0.660. The van der Waals surface area contributed by atoms with Crippen LogP contribution in [0, 0.1) is 6.92 Å². The van der Waals surface area contributed by atoms with Gasteiger partial charge in [0, 0.05) is 7.05 Å². The lowest BCUT2D eigenvalue weighted by atomic mass is 10.2. The Kier molecular flexibility index (Phi) is 3.87. The van der Waals surface area contributed by atoms with Gasteiger partial charge >= 0.3 is 0 Å². The van der Waals surface area contributed by atoms with Crippen LogP contribution in [0.1, 0.15) is 5.56 Å². The van der Waals surface area contributed by atoms with Crippen molar-refractivity contribution in [1.82, 2.24) is 9.55 Å². The van der Waals surface area contributed by atoms with Crippen LogP contribution in [0.4, 0.5) is 0 Å². The van der Waals surface area contributed by atoms with Crippen molar-refractivity contribution < 1.29 is 0 Å². The minimum absolute atomic E-state index is 0.0479. The molecule has 0 atom stereocenters. The second-order valence-electron chi connectivity index (χ2n) is 6.13. The van der Waals surface area contributed by atoms with Gasteiger partial charge in [0.25, 0.3) is 5.56 Å². The summed E-state index contributed by atoms with van der Waals surface area (Å²) < 4.78 is 1.67. The molecule has 0 amide bonds. The maximum Gasteiger partial charge on any atom is 0.261 e. The monoisotopic (exact) mass is 292 g/mol. The number of aromatic nitrogens is 2. The minimum atomic E-state index is -1.15. The molecule has 0 fully saturated rings. The molecule has 0 saturated carbocycles. The Morgan fingerprint density at radius 2 is 2.00 bits per heavy atom. The number of benzene rings is 1. The van der Waals surface area contributed by atoms with Gasteiger partial charge in [-0.2, -0.15) is 0 Å². The highest BCUT2D eigenvalue weighted by Gasteiger charge is 2.16. The van der Waals surface area contributed by atoms with Crippen LogP contribution in [0.3, 0.4) is 0 Å². The Morgan fingerprint density at radius 3 is 2.63 bits per heavy atom. The quantitative estimate of drug-likeness (QED) is 0.495. The molecule has 0 aliphatic heterocycles. The molecule has 2 rings (SSSR count). The second kappa shape index (κ2) is 5.13. The van der Waals surface area contributed by atoms with Crippen molar-refractivity contribution in [3.8, 4) is 0 Å². The van der Waals surface area contributed by atoms with E-state index < -0.39 is 8.07 Å². The molecule has 2 aromatic rings. The zero-order valence-electron chi connectivity index (χ0n) is 12.2. The maximum absolute atomic E-state index is 12.3. The summed E-state index contributed by atoms with van der Waals surface area (Å²) in [6.07, 6.45) is 0. The summed E-state index contributed by atoms with van der Waals surface area (Å²) in [4.78, 5) is 17.0. The highest BCUT2D eigenvalue weighted by molar-refractivity contribution is 8.00. The fourth-order valence-electron chi connectivity index (χ4n) is 1.77. The molecule has 0 saturated heterocycles. The van der Waals surface area contributed by atoms with E-state index >= 15 is 0 Å². The highest BCUT2D eigenvalue weighted by Crippen LogP contribution is 2.21. The predicted molar refractivity (Wildman–Crippen MR) is 85.8 cm³/mol. The Labute approximate surface area is 119 Å². The van der Waals surface area contributed by atoms with Gasteiger partial charge in [-0.25, -0.2) is 4.98 Å². The summed E-state index contributed by atoms with van der Waals surface area (Å²) in [5.74, 6) is 0. The van der Waals surface area contributed by atoms with E-state index in [4.69, 9.17) is 0 Å². The van der Waals surface area contributed by atoms with Gasteiger partial charge in [-0.05, 0) is 24.4 Å². The Bertz CT molecular complexity index is 673. The van der Waals surface area contributed by atoms with Gasteiger partial charge in [0.1, 0.15) is 0 Å². The zero-order valence-corrected chi connectivity index (χ0v) is 14.0. The van der Waals surface area contributed by atoms with Crippen LogP contribution in [0.15, 0.2) is 28.2 Å². The maximum atomic E-state index is 12.3. The van der Waals surface area contributed by atoms with Crippen LogP contribution < -0.4 is 5.56 Å². The first-order valence-electron chi connectivity index (χ1n) is 6.38. The molecule has 0 unspecified atom stereocenters. The second-order valence-corrected chi connectivity index (χ2v) is 13.1. The molecule has 1 aromatic carbocycles.